The van der Waals surface area contributed by atoms with Gasteiger partial charge in [-0.2, -0.15) is 11.8 Å². The minimum Gasteiger partial charge on any atom is -0.352 e. The average molecular weight is 427 g/mol. The molecule has 0 unspecified atom stereocenters. The molecule has 2 N–H and O–H groups in total. The Balaban J connectivity index is 1.62. The Labute approximate surface area is 180 Å². The largest absolute Gasteiger partial charge is 0.352 e. The summed E-state index contributed by atoms with van der Waals surface area (Å²) >= 11 is 3.34. The van der Waals surface area contributed by atoms with Gasteiger partial charge in [-0.1, -0.05) is 48.5 Å². The number of anilines is 1. The van der Waals surface area contributed by atoms with E-state index in [9.17, 15) is 9.59 Å². The normalized spacial score (nSPS) is 14.4. The number of carbonyl (C=O) groups excluding carboxylic acids is 2. The van der Waals surface area contributed by atoms with E-state index in [1.807, 2.05) is 61.2 Å². The van der Waals surface area contributed by atoms with Crippen molar-refractivity contribution in [2.45, 2.75) is 31.6 Å². The Bertz CT molecular complexity index is 908. The van der Waals surface area contributed by atoms with Crippen molar-refractivity contribution in [2.75, 3.05) is 23.4 Å². The topological polar surface area (TPSA) is 58.2 Å². The summed E-state index contributed by atoms with van der Waals surface area (Å²) in [6.07, 6.45) is 4.03. The number of aryl methyl sites for hydroxylation is 1. The van der Waals surface area contributed by atoms with E-state index in [1.54, 1.807) is 6.07 Å². The molecule has 0 saturated carbocycles. The van der Waals surface area contributed by atoms with Crippen molar-refractivity contribution in [3.63, 3.8) is 0 Å². The van der Waals surface area contributed by atoms with Gasteiger partial charge in [0, 0.05) is 17.0 Å². The van der Waals surface area contributed by atoms with Crippen LogP contribution in [0.5, 0.6) is 0 Å². The maximum atomic E-state index is 12.5. The van der Waals surface area contributed by atoms with Gasteiger partial charge in [0.05, 0.1) is 10.6 Å². The summed E-state index contributed by atoms with van der Waals surface area (Å²) in [6, 6.07) is 13.5. The van der Waals surface area contributed by atoms with Crippen LogP contribution in [0.1, 0.15) is 41.3 Å². The van der Waals surface area contributed by atoms with E-state index in [2.05, 4.69) is 17.6 Å². The Morgan fingerprint density at radius 3 is 2.72 bits per heavy atom. The lowest BCUT2D eigenvalue weighted by Gasteiger charge is -2.19. The molecule has 1 aliphatic heterocycles. The smallest absolute Gasteiger partial charge is 0.262 e. The van der Waals surface area contributed by atoms with E-state index in [4.69, 9.17) is 0 Å². The Kier molecular flexibility index (Phi) is 7.83. The average Bonchev–Trinajstić information content (AvgIpc) is 2.72. The number of hydrogen-bond acceptors (Lipinski definition) is 4. The number of amides is 2. The molecule has 3 rings (SSSR count). The molecule has 2 amide bonds. The lowest BCUT2D eigenvalue weighted by atomic mass is 10.1. The molecule has 29 heavy (non-hydrogen) atoms. The fraction of sp³-hybridized carbons (Fsp3) is 0.304. The van der Waals surface area contributed by atoms with Crippen LogP contribution in [0.3, 0.4) is 0 Å². The molecule has 2 aromatic carbocycles. The van der Waals surface area contributed by atoms with Gasteiger partial charge in [-0.15, -0.1) is 0 Å². The molecule has 0 fully saturated rings. The second-order valence-corrected chi connectivity index (χ2v) is 9.22. The third-order valence-corrected chi connectivity index (χ3v) is 6.78. The summed E-state index contributed by atoms with van der Waals surface area (Å²) in [5.41, 5.74) is 3.43. The van der Waals surface area contributed by atoms with Crippen LogP contribution in [-0.4, -0.2) is 29.9 Å². The van der Waals surface area contributed by atoms with Gasteiger partial charge in [-0.25, -0.2) is 0 Å². The number of benzene rings is 2. The first-order valence-electron chi connectivity index (χ1n) is 9.84. The third-order valence-electron chi connectivity index (χ3n) is 4.41. The van der Waals surface area contributed by atoms with Crippen LogP contribution >= 0.6 is 23.5 Å². The molecule has 152 valence electrons. The Hall–Kier alpha value is -2.18. The highest BCUT2D eigenvalue weighted by atomic mass is 32.2. The molecule has 2 aromatic rings. The van der Waals surface area contributed by atoms with E-state index in [-0.39, 0.29) is 11.8 Å². The Morgan fingerprint density at radius 2 is 1.97 bits per heavy atom. The summed E-state index contributed by atoms with van der Waals surface area (Å²) in [4.78, 5) is 26.5. The summed E-state index contributed by atoms with van der Waals surface area (Å²) in [7, 11) is 0. The molecule has 0 atom stereocenters. The molecule has 6 heteroatoms. The molecule has 0 bridgehead atoms. The highest BCUT2D eigenvalue weighted by molar-refractivity contribution is 8.04. The highest BCUT2D eigenvalue weighted by Crippen LogP contribution is 2.39. The summed E-state index contributed by atoms with van der Waals surface area (Å²) in [6.45, 7) is 4.87. The molecule has 0 saturated heterocycles. The fourth-order valence-corrected chi connectivity index (χ4v) is 4.61. The number of carbonyl (C=O) groups is 2. The van der Waals surface area contributed by atoms with Crippen molar-refractivity contribution in [3.05, 3.63) is 64.1 Å². The van der Waals surface area contributed by atoms with Gasteiger partial charge in [0.1, 0.15) is 0 Å². The zero-order valence-electron chi connectivity index (χ0n) is 16.8. The number of rotatable bonds is 8. The first kappa shape index (κ1) is 21.5. The molecule has 1 heterocycles. The first-order valence-corrected chi connectivity index (χ1v) is 11.8. The lowest BCUT2D eigenvalue weighted by Crippen LogP contribution is -2.25. The number of fused-ring (bicyclic) bond motifs is 1. The molecule has 0 spiro atoms. The minimum absolute atomic E-state index is 0.103. The second-order valence-electron chi connectivity index (χ2n) is 6.91. The van der Waals surface area contributed by atoms with Crippen LogP contribution in [0, 0.1) is 6.92 Å². The fourth-order valence-electron chi connectivity index (χ4n) is 2.84. The highest BCUT2D eigenvalue weighted by Gasteiger charge is 2.22. The molecule has 0 aromatic heterocycles. The van der Waals surface area contributed by atoms with E-state index in [1.165, 1.54) is 23.7 Å². The van der Waals surface area contributed by atoms with E-state index in [0.717, 1.165) is 28.4 Å². The minimum atomic E-state index is -0.145. The SMILES string of the molecule is CCCSCCCNC(=O)c1ccc2c(c1)NC(=O)/C(=C\c1ccc(C)cc1)S2. The van der Waals surface area contributed by atoms with Crippen molar-refractivity contribution < 1.29 is 9.59 Å². The summed E-state index contributed by atoms with van der Waals surface area (Å²) in [5, 5.41) is 5.87. The molecule has 4 nitrogen and oxygen atoms in total. The van der Waals surface area contributed by atoms with Crippen LogP contribution in [0.2, 0.25) is 0 Å². The van der Waals surface area contributed by atoms with Gasteiger partial charge in [0.25, 0.3) is 11.8 Å². The van der Waals surface area contributed by atoms with Crippen LogP contribution in [0.15, 0.2) is 52.3 Å². The third kappa shape index (κ3) is 6.15. The molecule has 1 aliphatic rings. The number of thioether (sulfide) groups is 2. The predicted octanol–water partition coefficient (Wildman–Crippen LogP) is 5.34. The maximum absolute atomic E-state index is 12.5. The van der Waals surface area contributed by atoms with Crippen LogP contribution in [0.25, 0.3) is 6.08 Å². The molecular formula is C23H26N2O2S2. The van der Waals surface area contributed by atoms with Gasteiger partial charge in [0.15, 0.2) is 0 Å². The summed E-state index contributed by atoms with van der Waals surface area (Å²) in [5.74, 6) is 1.97. The standard InChI is InChI=1S/C23H26N2O2S2/c1-3-12-28-13-4-11-24-22(26)18-9-10-20-19(15-18)25-23(27)21(29-20)14-17-7-5-16(2)6-8-17/h5-10,14-15H,3-4,11-13H2,1-2H3,(H,24,26)(H,25,27)/b21-14+. The van der Waals surface area contributed by atoms with E-state index in [0.29, 0.717) is 22.7 Å². The summed E-state index contributed by atoms with van der Waals surface area (Å²) < 4.78 is 0. The van der Waals surface area contributed by atoms with E-state index < -0.39 is 0 Å². The zero-order chi connectivity index (χ0) is 20.6. The van der Waals surface area contributed by atoms with Gasteiger partial charge in [0.2, 0.25) is 0 Å². The van der Waals surface area contributed by atoms with Crippen molar-refractivity contribution in [2.24, 2.45) is 0 Å². The number of hydrogen-bond donors (Lipinski definition) is 2. The van der Waals surface area contributed by atoms with Crippen molar-refractivity contribution in [1.29, 1.82) is 0 Å². The quantitative estimate of drug-likeness (QED) is 0.442. The molecular weight excluding hydrogens is 400 g/mol. The van der Waals surface area contributed by atoms with Crippen molar-refractivity contribution in [1.82, 2.24) is 5.32 Å². The zero-order valence-corrected chi connectivity index (χ0v) is 18.4. The monoisotopic (exact) mass is 426 g/mol. The van der Waals surface area contributed by atoms with Gasteiger partial charge in [-0.05, 0) is 61.1 Å². The van der Waals surface area contributed by atoms with Crippen molar-refractivity contribution >= 4 is 47.1 Å². The second kappa shape index (κ2) is 10.6. The van der Waals surface area contributed by atoms with E-state index >= 15 is 0 Å². The lowest BCUT2D eigenvalue weighted by molar-refractivity contribution is -0.112. The predicted molar refractivity (Wildman–Crippen MR) is 125 cm³/mol. The first-order chi connectivity index (χ1) is 14.1. The van der Waals surface area contributed by atoms with Gasteiger partial charge in [-0.3, -0.25) is 9.59 Å². The maximum Gasteiger partial charge on any atom is 0.262 e. The van der Waals surface area contributed by atoms with Gasteiger partial charge < -0.3 is 10.6 Å². The van der Waals surface area contributed by atoms with Crippen LogP contribution in [-0.2, 0) is 4.79 Å². The van der Waals surface area contributed by atoms with Crippen molar-refractivity contribution in [3.8, 4) is 0 Å². The number of nitrogens with one attached hydrogen (secondary N) is 2. The molecule has 0 radical (unpaired) electrons. The Morgan fingerprint density at radius 1 is 1.17 bits per heavy atom. The van der Waals surface area contributed by atoms with Crippen LogP contribution < -0.4 is 10.6 Å². The molecule has 0 aliphatic carbocycles. The van der Waals surface area contributed by atoms with Gasteiger partial charge >= 0.3 is 0 Å². The van der Waals surface area contributed by atoms with Crippen LogP contribution in [0.4, 0.5) is 5.69 Å².